The van der Waals surface area contributed by atoms with Gasteiger partial charge in [0.25, 0.3) is 0 Å². The van der Waals surface area contributed by atoms with E-state index in [0.717, 1.165) is 22.5 Å². The van der Waals surface area contributed by atoms with E-state index in [0.29, 0.717) is 5.69 Å². The number of halogens is 3. The molecule has 2 heterocycles. The maximum absolute atomic E-state index is 12.1. The molecule has 0 aliphatic rings. The highest BCUT2D eigenvalue weighted by Gasteiger charge is 2.27. The van der Waals surface area contributed by atoms with Gasteiger partial charge in [-0.15, -0.1) is 0 Å². The molecule has 0 saturated heterocycles. The number of carbonyl (C=O) groups is 1. The molecule has 130 valence electrons. The summed E-state index contributed by atoms with van der Waals surface area (Å²) in [7, 11) is 0. The van der Waals surface area contributed by atoms with E-state index in [-0.39, 0.29) is 0 Å². The molecule has 0 aliphatic carbocycles. The van der Waals surface area contributed by atoms with Crippen molar-refractivity contribution in [1.29, 1.82) is 0 Å². The summed E-state index contributed by atoms with van der Waals surface area (Å²) >= 11 is 0. The van der Waals surface area contributed by atoms with Crippen LogP contribution in [-0.4, -0.2) is 21.5 Å². The van der Waals surface area contributed by atoms with Crippen LogP contribution in [0, 0.1) is 6.92 Å². The summed E-state index contributed by atoms with van der Waals surface area (Å²) in [5, 5.41) is 2.46. The van der Waals surface area contributed by atoms with Crippen molar-refractivity contribution < 1.29 is 18.0 Å². The van der Waals surface area contributed by atoms with Gasteiger partial charge in [-0.1, -0.05) is 12.1 Å². The number of pyridine rings is 1. The lowest BCUT2D eigenvalue weighted by Crippen LogP contribution is -2.16. The Hall–Kier alpha value is -2.83. The third-order valence-electron chi connectivity index (χ3n) is 3.72. The van der Waals surface area contributed by atoms with Gasteiger partial charge in [0.05, 0.1) is 12.1 Å². The van der Waals surface area contributed by atoms with Gasteiger partial charge in [0.2, 0.25) is 5.91 Å². The molecule has 2 aromatic heterocycles. The number of amides is 1. The van der Waals surface area contributed by atoms with Gasteiger partial charge in [-0.05, 0) is 36.8 Å². The maximum atomic E-state index is 12.1. The lowest BCUT2D eigenvalue weighted by Gasteiger charge is -2.07. The van der Waals surface area contributed by atoms with Crippen LogP contribution in [0.5, 0.6) is 0 Å². The van der Waals surface area contributed by atoms with Crippen LogP contribution in [0.3, 0.4) is 0 Å². The molecular formula is C18H16F3N3O. The van der Waals surface area contributed by atoms with Crippen LogP contribution in [0.2, 0.25) is 0 Å². The normalized spacial score (nSPS) is 11.7. The van der Waals surface area contributed by atoms with E-state index in [1.807, 2.05) is 35.9 Å². The first-order valence-electron chi connectivity index (χ1n) is 7.72. The average Bonchev–Trinajstić information content (AvgIpc) is 2.96. The minimum atomic E-state index is -4.33. The van der Waals surface area contributed by atoms with Gasteiger partial charge in [-0.2, -0.15) is 13.2 Å². The molecule has 3 rings (SSSR count). The van der Waals surface area contributed by atoms with Crippen molar-refractivity contribution in [3.63, 3.8) is 0 Å². The van der Waals surface area contributed by atoms with Gasteiger partial charge in [-0.3, -0.25) is 4.79 Å². The van der Waals surface area contributed by atoms with Gasteiger partial charge < -0.3 is 9.72 Å². The molecule has 1 aromatic carbocycles. The molecular weight excluding hydrogens is 331 g/mol. The third-order valence-corrected chi connectivity index (χ3v) is 3.72. The quantitative estimate of drug-likeness (QED) is 0.750. The molecule has 0 fully saturated rings. The average molecular weight is 347 g/mol. The molecule has 4 nitrogen and oxygen atoms in total. The van der Waals surface area contributed by atoms with E-state index >= 15 is 0 Å². The number of nitrogens with zero attached hydrogens (tertiary/aromatic N) is 2. The van der Waals surface area contributed by atoms with Gasteiger partial charge in [0.15, 0.2) is 0 Å². The predicted octanol–water partition coefficient (Wildman–Crippen LogP) is 4.59. The Balaban J connectivity index is 1.70. The summed E-state index contributed by atoms with van der Waals surface area (Å²) in [6.07, 6.45) is -2.22. The van der Waals surface area contributed by atoms with Crippen molar-refractivity contribution >= 4 is 17.2 Å². The number of aromatic nitrogens is 2. The Morgan fingerprint density at radius 3 is 2.60 bits per heavy atom. The fraction of sp³-hybridized carbons (Fsp3) is 0.222. The molecule has 0 radical (unpaired) electrons. The molecule has 1 N–H and O–H groups in total. The number of hydrogen-bond donors (Lipinski definition) is 1. The fourth-order valence-electron chi connectivity index (χ4n) is 2.43. The van der Waals surface area contributed by atoms with Gasteiger partial charge in [0.1, 0.15) is 5.65 Å². The maximum Gasteiger partial charge on any atom is 0.389 e. The van der Waals surface area contributed by atoms with E-state index in [1.165, 1.54) is 0 Å². The number of fused-ring (bicyclic) bond motifs is 1. The van der Waals surface area contributed by atoms with Crippen molar-refractivity contribution in [2.45, 2.75) is 25.9 Å². The molecule has 7 heteroatoms. The number of carbonyl (C=O) groups excluding carboxylic acids is 1. The van der Waals surface area contributed by atoms with Gasteiger partial charge >= 0.3 is 6.18 Å². The Labute approximate surface area is 142 Å². The zero-order valence-electron chi connectivity index (χ0n) is 13.5. The van der Waals surface area contributed by atoms with Crippen LogP contribution in [0.4, 0.5) is 18.9 Å². The Bertz CT molecular complexity index is 898. The Morgan fingerprint density at radius 2 is 1.92 bits per heavy atom. The summed E-state index contributed by atoms with van der Waals surface area (Å²) in [5.41, 5.74) is 4.03. The van der Waals surface area contributed by atoms with Crippen LogP contribution >= 0.6 is 0 Å². The van der Waals surface area contributed by atoms with Crippen molar-refractivity contribution in [3.05, 3.63) is 54.4 Å². The molecule has 0 aliphatic heterocycles. The van der Waals surface area contributed by atoms with Crippen molar-refractivity contribution in [3.8, 4) is 11.3 Å². The zero-order chi connectivity index (χ0) is 18.0. The Morgan fingerprint density at radius 1 is 1.20 bits per heavy atom. The van der Waals surface area contributed by atoms with Crippen molar-refractivity contribution in [2.24, 2.45) is 0 Å². The van der Waals surface area contributed by atoms with Gasteiger partial charge in [0, 0.05) is 30.1 Å². The van der Waals surface area contributed by atoms with E-state index in [1.54, 1.807) is 24.3 Å². The van der Waals surface area contributed by atoms with Crippen LogP contribution in [0.15, 0.2) is 48.8 Å². The topological polar surface area (TPSA) is 46.4 Å². The molecule has 3 aromatic rings. The zero-order valence-corrected chi connectivity index (χ0v) is 13.5. The molecule has 25 heavy (non-hydrogen) atoms. The number of aryl methyl sites for hydroxylation is 1. The minimum absolute atomic E-state index is 0.454. The first-order valence-corrected chi connectivity index (χ1v) is 7.72. The summed E-state index contributed by atoms with van der Waals surface area (Å²) in [6, 6.07) is 10.8. The molecule has 0 saturated carbocycles. The summed E-state index contributed by atoms with van der Waals surface area (Å²) in [4.78, 5) is 16.1. The highest BCUT2D eigenvalue weighted by Crippen LogP contribution is 2.23. The monoisotopic (exact) mass is 347 g/mol. The molecule has 0 spiro atoms. The summed E-state index contributed by atoms with van der Waals surface area (Å²) in [6.45, 7) is 1.99. The highest BCUT2D eigenvalue weighted by molar-refractivity contribution is 5.91. The second-order valence-electron chi connectivity index (χ2n) is 5.84. The number of hydrogen-bond acceptors (Lipinski definition) is 2. The molecule has 0 atom stereocenters. The van der Waals surface area contributed by atoms with Crippen LogP contribution in [0.1, 0.15) is 18.4 Å². The van der Waals surface area contributed by atoms with Crippen LogP contribution < -0.4 is 5.32 Å². The minimum Gasteiger partial charge on any atom is -0.326 e. The van der Waals surface area contributed by atoms with Crippen molar-refractivity contribution in [2.75, 3.05) is 5.32 Å². The second-order valence-corrected chi connectivity index (χ2v) is 5.84. The first kappa shape index (κ1) is 17.0. The summed E-state index contributed by atoms with van der Waals surface area (Å²) < 4.78 is 38.3. The van der Waals surface area contributed by atoms with E-state index in [9.17, 15) is 18.0 Å². The molecule has 0 unspecified atom stereocenters. The number of rotatable bonds is 4. The SMILES string of the molecule is Cc1ccn2cc(-c3ccc(NC(=O)CCC(F)(F)F)cc3)nc2c1. The number of alkyl halides is 3. The Kier molecular flexibility index (Phi) is 4.48. The van der Waals surface area contributed by atoms with E-state index in [2.05, 4.69) is 10.3 Å². The number of nitrogens with one attached hydrogen (secondary N) is 1. The predicted molar refractivity (Wildman–Crippen MR) is 89.3 cm³/mol. The van der Waals surface area contributed by atoms with Gasteiger partial charge in [-0.25, -0.2) is 4.98 Å². The van der Waals surface area contributed by atoms with E-state index in [4.69, 9.17) is 0 Å². The second kappa shape index (κ2) is 6.58. The number of imidazole rings is 1. The lowest BCUT2D eigenvalue weighted by molar-refractivity contribution is -0.142. The fourth-order valence-corrected chi connectivity index (χ4v) is 2.43. The lowest BCUT2D eigenvalue weighted by atomic mass is 10.1. The standard InChI is InChI=1S/C18H16F3N3O/c1-12-7-9-24-11-15(23-16(24)10-12)13-2-4-14(5-3-13)22-17(25)6-8-18(19,20)21/h2-5,7,9-11H,6,8H2,1H3,(H,22,25). The summed E-state index contributed by atoms with van der Waals surface area (Å²) in [5.74, 6) is -0.659. The van der Waals surface area contributed by atoms with Crippen molar-refractivity contribution in [1.82, 2.24) is 9.38 Å². The highest BCUT2D eigenvalue weighted by atomic mass is 19.4. The molecule has 1 amide bonds. The first-order chi connectivity index (χ1) is 11.8. The third kappa shape index (κ3) is 4.37. The number of benzene rings is 1. The molecule has 0 bridgehead atoms. The largest absolute Gasteiger partial charge is 0.389 e. The number of anilines is 1. The van der Waals surface area contributed by atoms with E-state index < -0.39 is 24.9 Å². The van der Waals surface area contributed by atoms with Crippen LogP contribution in [0.25, 0.3) is 16.9 Å². The smallest absolute Gasteiger partial charge is 0.326 e. The van der Waals surface area contributed by atoms with Crippen LogP contribution in [-0.2, 0) is 4.79 Å².